The van der Waals surface area contributed by atoms with Crippen LogP contribution in [0.4, 0.5) is 13.2 Å². The van der Waals surface area contributed by atoms with Crippen molar-refractivity contribution in [2.75, 3.05) is 7.11 Å². The van der Waals surface area contributed by atoms with Gasteiger partial charge in [-0.2, -0.15) is 5.26 Å². The highest BCUT2D eigenvalue weighted by Gasteiger charge is 2.33. The Kier molecular flexibility index (Phi) is 4.94. The molecule has 1 rings (SSSR count). The maximum Gasteiger partial charge on any atom is 0.573 e. The molecule has 1 aromatic carbocycles. The number of ether oxygens (including phenoxy) is 2. The van der Waals surface area contributed by atoms with Gasteiger partial charge in [0.05, 0.1) is 19.1 Å². The first-order chi connectivity index (χ1) is 9.32. The zero-order valence-corrected chi connectivity index (χ0v) is 10.5. The van der Waals surface area contributed by atoms with Crippen molar-refractivity contribution in [2.24, 2.45) is 5.73 Å². The van der Waals surface area contributed by atoms with Crippen LogP contribution in [-0.4, -0.2) is 19.4 Å². The van der Waals surface area contributed by atoms with Crippen LogP contribution in [0.1, 0.15) is 16.7 Å². The molecule has 8 heteroatoms. The van der Waals surface area contributed by atoms with Gasteiger partial charge in [-0.15, -0.1) is 13.2 Å². The number of alkyl halides is 3. The van der Waals surface area contributed by atoms with Gasteiger partial charge in [0.25, 0.3) is 0 Å². The third-order valence-electron chi connectivity index (χ3n) is 2.48. The van der Waals surface area contributed by atoms with Gasteiger partial charge in [-0.3, -0.25) is 4.79 Å². The molecule has 0 amide bonds. The molecule has 1 aromatic rings. The fourth-order valence-electron chi connectivity index (χ4n) is 1.63. The average Bonchev–Trinajstić information content (AvgIpc) is 2.37. The second kappa shape index (κ2) is 6.25. The molecule has 0 aliphatic carbocycles. The fraction of sp³-hybridized carbons (Fsp3) is 0.333. The summed E-state index contributed by atoms with van der Waals surface area (Å²) in [7, 11) is 1.18. The lowest BCUT2D eigenvalue weighted by molar-refractivity contribution is -0.274. The molecule has 2 N–H and O–H groups in total. The van der Waals surface area contributed by atoms with E-state index in [9.17, 15) is 18.0 Å². The zero-order chi connectivity index (χ0) is 15.3. The SMILES string of the molecule is COC(=O)Cc1ccc(OC(F)(F)F)c(C#N)c1CN. The number of hydrogen-bond donors (Lipinski definition) is 1. The molecular weight excluding hydrogens is 277 g/mol. The second-order valence-electron chi connectivity index (χ2n) is 3.69. The van der Waals surface area contributed by atoms with Crippen LogP contribution in [-0.2, 0) is 22.5 Å². The highest BCUT2D eigenvalue weighted by atomic mass is 19.4. The Morgan fingerprint density at radius 3 is 2.55 bits per heavy atom. The summed E-state index contributed by atoms with van der Waals surface area (Å²) in [6.07, 6.45) is -5.11. The van der Waals surface area contributed by atoms with Crippen molar-refractivity contribution in [1.82, 2.24) is 0 Å². The lowest BCUT2D eigenvalue weighted by atomic mass is 9.98. The Balaban J connectivity index is 3.27. The Hall–Kier alpha value is -2.27. The van der Waals surface area contributed by atoms with E-state index in [1.54, 1.807) is 6.07 Å². The van der Waals surface area contributed by atoms with Crippen LogP contribution in [0.25, 0.3) is 0 Å². The van der Waals surface area contributed by atoms with Gasteiger partial charge in [0.15, 0.2) is 0 Å². The molecule has 0 heterocycles. The van der Waals surface area contributed by atoms with Crippen molar-refractivity contribution in [3.8, 4) is 11.8 Å². The number of hydrogen-bond acceptors (Lipinski definition) is 5. The number of nitrogens with zero attached hydrogens (tertiary/aromatic N) is 1. The van der Waals surface area contributed by atoms with E-state index in [0.717, 1.165) is 6.07 Å². The van der Waals surface area contributed by atoms with Crippen molar-refractivity contribution in [2.45, 2.75) is 19.3 Å². The Morgan fingerprint density at radius 1 is 1.45 bits per heavy atom. The Bertz CT molecular complexity index is 550. The standard InChI is InChI=1S/C12H11F3N2O3/c1-19-11(18)4-7-2-3-10(20-12(13,14)15)9(6-17)8(7)5-16/h2-3H,4-5,16H2,1H3. The van der Waals surface area contributed by atoms with Crippen LogP contribution in [0.5, 0.6) is 5.75 Å². The number of benzene rings is 1. The molecule has 0 saturated carbocycles. The summed E-state index contributed by atoms with van der Waals surface area (Å²) in [5.41, 5.74) is 5.54. The van der Waals surface area contributed by atoms with E-state index in [-0.39, 0.29) is 24.1 Å². The Labute approximate surface area is 112 Å². The predicted octanol–water partition coefficient (Wildman–Crippen LogP) is 1.63. The largest absolute Gasteiger partial charge is 0.573 e. The first kappa shape index (κ1) is 15.8. The summed E-state index contributed by atoms with van der Waals surface area (Å²) in [5, 5.41) is 8.97. The van der Waals surface area contributed by atoms with E-state index in [1.165, 1.54) is 13.2 Å². The number of carbonyl (C=O) groups excluding carboxylic acids is 1. The summed E-state index contributed by atoms with van der Waals surface area (Å²) in [6, 6.07) is 3.84. The molecule has 5 nitrogen and oxygen atoms in total. The third-order valence-corrected chi connectivity index (χ3v) is 2.48. The maximum atomic E-state index is 12.2. The number of nitrogens with two attached hydrogens (primary N) is 1. The van der Waals surface area contributed by atoms with Crippen LogP contribution in [0, 0.1) is 11.3 Å². The second-order valence-corrected chi connectivity index (χ2v) is 3.69. The van der Waals surface area contributed by atoms with Gasteiger partial charge in [-0.05, 0) is 17.2 Å². The van der Waals surface area contributed by atoms with Crippen molar-refractivity contribution in [1.29, 1.82) is 5.26 Å². The van der Waals surface area contributed by atoms with Gasteiger partial charge in [0, 0.05) is 6.54 Å². The van der Waals surface area contributed by atoms with E-state index >= 15 is 0 Å². The zero-order valence-electron chi connectivity index (χ0n) is 10.5. The topological polar surface area (TPSA) is 85.3 Å². The van der Waals surface area contributed by atoms with E-state index in [4.69, 9.17) is 11.0 Å². The summed E-state index contributed by atoms with van der Waals surface area (Å²) in [5.74, 6) is -1.23. The molecule has 0 radical (unpaired) electrons. The number of esters is 1. The summed E-state index contributed by atoms with van der Waals surface area (Å²) in [6.45, 7) is -0.204. The molecule has 0 atom stereocenters. The van der Waals surface area contributed by atoms with Gasteiger partial charge in [-0.25, -0.2) is 0 Å². The number of rotatable bonds is 4. The highest BCUT2D eigenvalue weighted by molar-refractivity contribution is 5.73. The lowest BCUT2D eigenvalue weighted by Crippen LogP contribution is -2.19. The molecule has 0 bridgehead atoms. The van der Waals surface area contributed by atoms with Gasteiger partial charge in [-0.1, -0.05) is 6.07 Å². The lowest BCUT2D eigenvalue weighted by Gasteiger charge is -2.15. The molecule has 20 heavy (non-hydrogen) atoms. The van der Waals surface area contributed by atoms with Crippen LogP contribution in [0.3, 0.4) is 0 Å². The van der Waals surface area contributed by atoms with E-state index in [0.29, 0.717) is 5.56 Å². The van der Waals surface area contributed by atoms with Crippen molar-refractivity contribution < 1.29 is 27.4 Å². The maximum absolute atomic E-state index is 12.2. The highest BCUT2D eigenvalue weighted by Crippen LogP contribution is 2.30. The fourth-order valence-corrected chi connectivity index (χ4v) is 1.63. The molecule has 0 unspecified atom stereocenters. The summed E-state index contributed by atoms with van der Waals surface area (Å²) >= 11 is 0. The van der Waals surface area contributed by atoms with Gasteiger partial charge < -0.3 is 15.2 Å². The van der Waals surface area contributed by atoms with E-state index in [1.807, 2.05) is 0 Å². The Morgan fingerprint density at radius 2 is 2.10 bits per heavy atom. The molecule has 0 fully saturated rings. The van der Waals surface area contributed by atoms with Crippen LogP contribution >= 0.6 is 0 Å². The van der Waals surface area contributed by atoms with E-state index in [2.05, 4.69) is 9.47 Å². The molecule has 0 spiro atoms. The van der Waals surface area contributed by atoms with Crippen LogP contribution in [0.2, 0.25) is 0 Å². The van der Waals surface area contributed by atoms with Crippen LogP contribution < -0.4 is 10.5 Å². The first-order valence-electron chi connectivity index (χ1n) is 5.39. The number of carbonyl (C=O) groups is 1. The quantitative estimate of drug-likeness (QED) is 0.851. The molecule has 0 aromatic heterocycles. The molecule has 0 saturated heterocycles. The molecule has 108 valence electrons. The van der Waals surface area contributed by atoms with Crippen molar-refractivity contribution >= 4 is 5.97 Å². The van der Waals surface area contributed by atoms with Crippen LogP contribution in [0.15, 0.2) is 12.1 Å². The van der Waals surface area contributed by atoms with Gasteiger partial charge in [0.1, 0.15) is 11.8 Å². The number of nitriles is 1. The van der Waals surface area contributed by atoms with Gasteiger partial charge in [0.2, 0.25) is 0 Å². The minimum Gasteiger partial charge on any atom is -0.469 e. The smallest absolute Gasteiger partial charge is 0.469 e. The predicted molar refractivity (Wildman–Crippen MR) is 61.5 cm³/mol. The third kappa shape index (κ3) is 3.86. The average molecular weight is 288 g/mol. The number of halogens is 3. The molecule has 0 aliphatic rings. The van der Waals surface area contributed by atoms with Crippen molar-refractivity contribution in [3.63, 3.8) is 0 Å². The summed E-state index contributed by atoms with van der Waals surface area (Å²) < 4.78 is 44.9. The van der Waals surface area contributed by atoms with Gasteiger partial charge >= 0.3 is 12.3 Å². The minimum atomic E-state index is -4.92. The number of methoxy groups -OCH3 is 1. The first-order valence-corrected chi connectivity index (χ1v) is 5.39. The molecule has 0 aliphatic heterocycles. The summed E-state index contributed by atoms with van der Waals surface area (Å²) in [4.78, 5) is 11.2. The monoisotopic (exact) mass is 288 g/mol. The molecular formula is C12H11F3N2O3. The van der Waals surface area contributed by atoms with Crippen molar-refractivity contribution in [3.05, 3.63) is 28.8 Å². The van der Waals surface area contributed by atoms with E-state index < -0.39 is 18.1 Å². The normalized spacial score (nSPS) is 10.8. The minimum absolute atomic E-state index is 0.125.